The Morgan fingerprint density at radius 3 is 2.60 bits per heavy atom. The Hall–Kier alpha value is -1.30. The number of hydrogen-bond acceptors (Lipinski definition) is 2. The molecular weight excluding hydrogens is 274 g/mol. The average Bonchev–Trinajstić information content (AvgIpc) is 2.33. The molecule has 0 saturated heterocycles. The quantitative estimate of drug-likeness (QED) is 0.577. The summed E-state index contributed by atoms with van der Waals surface area (Å²) in [5, 5.41) is 3.12. The summed E-state index contributed by atoms with van der Waals surface area (Å²) in [4.78, 5) is 0. The van der Waals surface area contributed by atoms with E-state index in [1.54, 1.807) is 6.07 Å². The minimum absolute atomic E-state index is 0.0786. The summed E-state index contributed by atoms with van der Waals surface area (Å²) in [7, 11) is 0. The number of hydrogen-bond donors (Lipinski definition) is 1. The Balaban J connectivity index is 2.44. The Morgan fingerprint density at radius 1 is 1.20 bits per heavy atom. The third-order valence-electron chi connectivity index (χ3n) is 2.56. The molecule has 6 heteroatoms. The highest BCUT2D eigenvalue weighted by Gasteiger charge is 2.26. The highest BCUT2D eigenvalue weighted by molar-refractivity contribution is 5.29. The van der Waals surface area contributed by atoms with Crippen LogP contribution in [0.15, 0.2) is 18.2 Å². The van der Waals surface area contributed by atoms with Gasteiger partial charge in [-0.05, 0) is 37.1 Å². The van der Waals surface area contributed by atoms with Gasteiger partial charge in [0.15, 0.2) is 0 Å². The van der Waals surface area contributed by atoms with Crippen molar-refractivity contribution in [3.63, 3.8) is 0 Å². The van der Waals surface area contributed by atoms with Gasteiger partial charge in [0, 0.05) is 19.0 Å². The van der Waals surface area contributed by atoms with Crippen molar-refractivity contribution in [1.82, 2.24) is 5.32 Å². The predicted octanol–water partition coefficient (Wildman–Crippen LogP) is 4.05. The third-order valence-corrected chi connectivity index (χ3v) is 2.56. The maximum atomic E-state index is 13.3. The van der Waals surface area contributed by atoms with Gasteiger partial charge < -0.3 is 10.1 Å². The lowest BCUT2D eigenvalue weighted by molar-refractivity contribution is -0.136. The van der Waals surface area contributed by atoms with Gasteiger partial charge in [-0.1, -0.05) is 6.92 Å². The minimum Gasteiger partial charge on any atom is -0.493 e. The van der Waals surface area contributed by atoms with Gasteiger partial charge in [0.1, 0.15) is 11.6 Å². The van der Waals surface area contributed by atoms with E-state index in [0.29, 0.717) is 12.1 Å². The van der Waals surface area contributed by atoms with Crippen molar-refractivity contribution >= 4 is 0 Å². The first-order valence-electron chi connectivity index (χ1n) is 6.60. The van der Waals surface area contributed by atoms with E-state index in [0.717, 1.165) is 13.0 Å². The number of benzene rings is 1. The van der Waals surface area contributed by atoms with E-state index in [2.05, 4.69) is 5.32 Å². The Bertz CT molecular complexity index is 407. The molecule has 1 rings (SSSR count). The molecule has 0 aliphatic heterocycles. The summed E-state index contributed by atoms with van der Waals surface area (Å²) >= 11 is 0. The normalized spacial score (nSPS) is 11.7. The van der Waals surface area contributed by atoms with Gasteiger partial charge in [-0.2, -0.15) is 13.2 Å². The zero-order valence-electron chi connectivity index (χ0n) is 11.4. The molecule has 1 aromatic rings. The molecule has 0 atom stereocenters. The molecule has 1 aromatic carbocycles. The van der Waals surface area contributed by atoms with Gasteiger partial charge in [-0.3, -0.25) is 0 Å². The van der Waals surface area contributed by atoms with Crippen LogP contribution >= 0.6 is 0 Å². The molecule has 0 saturated carbocycles. The van der Waals surface area contributed by atoms with Crippen LogP contribution in [0.25, 0.3) is 0 Å². The SMILES string of the molecule is CCCNCc1cc(F)cc(OCCCC(F)(F)F)c1. The molecule has 0 fully saturated rings. The molecule has 0 aromatic heterocycles. The highest BCUT2D eigenvalue weighted by atomic mass is 19.4. The number of rotatable bonds is 8. The Morgan fingerprint density at radius 2 is 1.95 bits per heavy atom. The fourth-order valence-electron chi connectivity index (χ4n) is 1.68. The number of nitrogens with one attached hydrogen (secondary N) is 1. The molecule has 0 aliphatic carbocycles. The zero-order valence-corrected chi connectivity index (χ0v) is 11.4. The summed E-state index contributed by atoms with van der Waals surface area (Å²) in [6.45, 7) is 3.27. The summed E-state index contributed by atoms with van der Waals surface area (Å²) in [5.74, 6) is -0.188. The topological polar surface area (TPSA) is 21.3 Å². The van der Waals surface area contributed by atoms with Gasteiger partial charge in [-0.25, -0.2) is 4.39 Å². The van der Waals surface area contributed by atoms with E-state index in [-0.39, 0.29) is 18.8 Å². The van der Waals surface area contributed by atoms with Gasteiger partial charge in [-0.15, -0.1) is 0 Å². The maximum Gasteiger partial charge on any atom is 0.389 e. The fraction of sp³-hybridized carbons (Fsp3) is 0.571. The summed E-state index contributed by atoms with van der Waals surface area (Å²) in [6, 6.07) is 4.20. The summed E-state index contributed by atoms with van der Waals surface area (Å²) in [6.07, 6.45) is -4.24. The number of alkyl halides is 3. The standard InChI is InChI=1S/C14H19F4NO/c1-2-5-19-10-11-7-12(15)9-13(8-11)20-6-3-4-14(16,17)18/h7-9,19H,2-6,10H2,1H3. The first kappa shape index (κ1) is 16.8. The van der Waals surface area contributed by atoms with E-state index >= 15 is 0 Å². The largest absolute Gasteiger partial charge is 0.493 e. The van der Waals surface area contributed by atoms with Crippen LogP contribution in [0.2, 0.25) is 0 Å². The molecule has 0 spiro atoms. The van der Waals surface area contributed by atoms with E-state index < -0.39 is 18.4 Å². The van der Waals surface area contributed by atoms with Gasteiger partial charge in [0.05, 0.1) is 6.61 Å². The van der Waals surface area contributed by atoms with Gasteiger partial charge >= 0.3 is 6.18 Å². The van der Waals surface area contributed by atoms with Crippen LogP contribution in [0.3, 0.4) is 0 Å². The molecule has 114 valence electrons. The lowest BCUT2D eigenvalue weighted by atomic mass is 10.2. The molecular formula is C14H19F4NO. The molecule has 0 heterocycles. The van der Waals surface area contributed by atoms with Crippen molar-refractivity contribution in [2.75, 3.05) is 13.2 Å². The molecule has 0 unspecified atom stereocenters. The molecule has 0 bridgehead atoms. The number of ether oxygens (including phenoxy) is 1. The van der Waals surface area contributed by atoms with Crippen molar-refractivity contribution < 1.29 is 22.3 Å². The summed E-state index contributed by atoms with van der Waals surface area (Å²) in [5.41, 5.74) is 0.712. The maximum absolute atomic E-state index is 13.3. The Kier molecular flexibility index (Phi) is 6.78. The molecule has 1 N–H and O–H groups in total. The van der Waals surface area contributed by atoms with Crippen molar-refractivity contribution in [1.29, 1.82) is 0 Å². The van der Waals surface area contributed by atoms with Crippen molar-refractivity contribution in [3.05, 3.63) is 29.6 Å². The van der Waals surface area contributed by atoms with E-state index in [1.807, 2.05) is 6.92 Å². The van der Waals surface area contributed by atoms with Crippen molar-refractivity contribution in [3.8, 4) is 5.75 Å². The van der Waals surface area contributed by atoms with E-state index in [1.165, 1.54) is 12.1 Å². The molecule has 2 nitrogen and oxygen atoms in total. The van der Waals surface area contributed by atoms with Crippen LogP contribution in [0.1, 0.15) is 31.7 Å². The van der Waals surface area contributed by atoms with Gasteiger partial charge in [0.25, 0.3) is 0 Å². The monoisotopic (exact) mass is 293 g/mol. The van der Waals surface area contributed by atoms with Crippen LogP contribution in [0, 0.1) is 5.82 Å². The average molecular weight is 293 g/mol. The van der Waals surface area contributed by atoms with Crippen LogP contribution in [0.4, 0.5) is 17.6 Å². The molecule has 0 radical (unpaired) electrons. The number of halogens is 4. The second-order valence-electron chi connectivity index (χ2n) is 4.54. The van der Waals surface area contributed by atoms with E-state index in [4.69, 9.17) is 4.74 Å². The second-order valence-corrected chi connectivity index (χ2v) is 4.54. The van der Waals surface area contributed by atoms with Crippen LogP contribution < -0.4 is 10.1 Å². The highest BCUT2D eigenvalue weighted by Crippen LogP contribution is 2.22. The lowest BCUT2D eigenvalue weighted by Gasteiger charge is -2.10. The first-order chi connectivity index (χ1) is 9.40. The predicted molar refractivity (Wildman–Crippen MR) is 69.2 cm³/mol. The Labute approximate surface area is 116 Å². The molecule has 20 heavy (non-hydrogen) atoms. The van der Waals surface area contributed by atoms with Crippen LogP contribution in [-0.4, -0.2) is 19.3 Å². The first-order valence-corrected chi connectivity index (χ1v) is 6.60. The molecule has 0 aliphatic rings. The van der Waals surface area contributed by atoms with E-state index in [9.17, 15) is 17.6 Å². The second kappa shape index (κ2) is 8.09. The third kappa shape index (κ3) is 7.33. The minimum atomic E-state index is -4.18. The molecule has 0 amide bonds. The van der Waals surface area contributed by atoms with Crippen LogP contribution in [-0.2, 0) is 6.54 Å². The zero-order chi connectivity index (χ0) is 15.0. The smallest absolute Gasteiger partial charge is 0.389 e. The summed E-state index contributed by atoms with van der Waals surface area (Å²) < 4.78 is 54.4. The van der Waals surface area contributed by atoms with Gasteiger partial charge in [0.2, 0.25) is 0 Å². The fourth-order valence-corrected chi connectivity index (χ4v) is 1.68. The van der Waals surface area contributed by atoms with Crippen molar-refractivity contribution in [2.24, 2.45) is 0 Å². The lowest BCUT2D eigenvalue weighted by Crippen LogP contribution is -2.14. The van der Waals surface area contributed by atoms with Crippen molar-refractivity contribution in [2.45, 2.75) is 38.9 Å². The van der Waals surface area contributed by atoms with Crippen LogP contribution in [0.5, 0.6) is 5.75 Å².